The van der Waals surface area contributed by atoms with Crippen molar-refractivity contribution in [2.75, 3.05) is 13.1 Å². The van der Waals surface area contributed by atoms with Crippen molar-refractivity contribution in [2.45, 2.75) is 51.1 Å². The first kappa shape index (κ1) is 22.1. The Morgan fingerprint density at radius 3 is 2.62 bits per heavy atom. The van der Waals surface area contributed by atoms with Gasteiger partial charge in [0.15, 0.2) is 0 Å². The Labute approximate surface area is 197 Å². The zero-order valence-corrected chi connectivity index (χ0v) is 19.2. The summed E-state index contributed by atoms with van der Waals surface area (Å²) in [7, 11) is 0. The van der Waals surface area contributed by atoms with Gasteiger partial charge in [0.25, 0.3) is 5.69 Å². The maximum absolute atomic E-state index is 13.6. The van der Waals surface area contributed by atoms with Gasteiger partial charge in [-0.2, -0.15) is 0 Å². The number of carbonyl (C=O) groups is 2. The van der Waals surface area contributed by atoms with E-state index in [-0.39, 0.29) is 24.0 Å². The highest BCUT2D eigenvalue weighted by Gasteiger charge is 2.49. The topological polar surface area (TPSA) is 99.6 Å². The van der Waals surface area contributed by atoms with E-state index in [1.165, 1.54) is 6.07 Å². The van der Waals surface area contributed by atoms with Crippen molar-refractivity contribution >= 4 is 28.4 Å². The third-order valence-corrected chi connectivity index (χ3v) is 7.05. The second kappa shape index (κ2) is 8.93. The third kappa shape index (κ3) is 3.63. The van der Waals surface area contributed by atoms with Gasteiger partial charge in [-0.15, -0.1) is 0 Å². The number of piperazine rings is 1. The smallest absolute Gasteiger partial charge is 0.275 e. The van der Waals surface area contributed by atoms with Crippen LogP contribution in [0, 0.1) is 10.1 Å². The van der Waals surface area contributed by atoms with Gasteiger partial charge in [0.1, 0.15) is 12.1 Å². The van der Waals surface area contributed by atoms with E-state index in [4.69, 9.17) is 0 Å². The molecule has 1 aromatic heterocycles. The standard InChI is InChI=1S/C26H28N4O4/c1-2-3-4-9-14-28-16-23(31)29-22(26(28)32)15-19-17-10-5-7-12-20(17)27-24(19)25(29)18-11-6-8-13-21(18)30(33)34/h5-8,10-13,22,25,27H,2-4,9,14-16H2,1H3/t22?,25-/m1/s1. The van der Waals surface area contributed by atoms with Crippen LogP contribution in [-0.2, 0) is 16.0 Å². The van der Waals surface area contributed by atoms with E-state index < -0.39 is 17.0 Å². The zero-order valence-electron chi connectivity index (χ0n) is 19.2. The number of nitro benzene ring substituents is 1. The van der Waals surface area contributed by atoms with Crippen LogP contribution in [0.3, 0.4) is 0 Å². The number of aromatic nitrogens is 1. The molecule has 2 atom stereocenters. The largest absolute Gasteiger partial charge is 0.356 e. The maximum Gasteiger partial charge on any atom is 0.275 e. The van der Waals surface area contributed by atoms with E-state index in [1.54, 1.807) is 28.0 Å². The molecule has 1 fully saturated rings. The first-order chi connectivity index (χ1) is 16.5. The molecule has 2 aliphatic rings. The number of aromatic amines is 1. The van der Waals surface area contributed by atoms with Gasteiger partial charge in [0.05, 0.1) is 17.0 Å². The Bertz CT molecular complexity index is 1270. The second-order valence-corrected chi connectivity index (χ2v) is 9.12. The lowest BCUT2D eigenvalue weighted by atomic mass is 9.85. The van der Waals surface area contributed by atoms with Gasteiger partial charge in [-0.25, -0.2) is 0 Å². The van der Waals surface area contributed by atoms with Crippen molar-refractivity contribution in [3.05, 3.63) is 75.5 Å². The summed E-state index contributed by atoms with van der Waals surface area (Å²) in [6.07, 6.45) is 4.49. The van der Waals surface area contributed by atoms with E-state index in [2.05, 4.69) is 11.9 Å². The first-order valence-electron chi connectivity index (χ1n) is 11.9. The number of rotatable bonds is 7. The lowest BCUT2D eigenvalue weighted by Gasteiger charge is -2.46. The minimum atomic E-state index is -0.721. The SMILES string of the molecule is CCCCCCN1CC(=O)N2C(Cc3c([nH]c4ccccc34)[C@H]2c2ccccc2[N+](=O)[O-])C1=O. The molecule has 0 saturated carbocycles. The van der Waals surface area contributed by atoms with Gasteiger partial charge < -0.3 is 14.8 Å². The number of hydrogen-bond donors (Lipinski definition) is 1. The van der Waals surface area contributed by atoms with Crippen molar-refractivity contribution in [3.8, 4) is 0 Å². The van der Waals surface area contributed by atoms with Crippen LogP contribution in [0.1, 0.15) is 55.5 Å². The number of nitrogens with one attached hydrogen (secondary N) is 1. The molecule has 176 valence electrons. The quantitative estimate of drug-likeness (QED) is 0.322. The highest BCUT2D eigenvalue weighted by atomic mass is 16.6. The summed E-state index contributed by atoms with van der Waals surface area (Å²) in [4.78, 5) is 45.3. The van der Waals surface area contributed by atoms with Crippen molar-refractivity contribution in [1.29, 1.82) is 0 Å². The fourth-order valence-corrected chi connectivity index (χ4v) is 5.45. The number of unbranched alkanes of at least 4 members (excludes halogenated alkanes) is 3. The number of amides is 2. The molecule has 2 amide bonds. The summed E-state index contributed by atoms with van der Waals surface area (Å²) in [5, 5.41) is 12.9. The molecule has 34 heavy (non-hydrogen) atoms. The lowest BCUT2D eigenvalue weighted by molar-refractivity contribution is -0.385. The Morgan fingerprint density at radius 2 is 1.82 bits per heavy atom. The lowest BCUT2D eigenvalue weighted by Crippen LogP contribution is -2.63. The second-order valence-electron chi connectivity index (χ2n) is 9.12. The normalized spacial score (nSPS) is 19.9. The molecule has 1 unspecified atom stereocenters. The van der Waals surface area contributed by atoms with Crippen LogP contribution in [0.15, 0.2) is 48.5 Å². The van der Waals surface area contributed by atoms with Gasteiger partial charge in [0.2, 0.25) is 11.8 Å². The zero-order chi connectivity index (χ0) is 23.8. The number of para-hydroxylation sites is 2. The fraction of sp³-hybridized carbons (Fsp3) is 0.385. The van der Waals surface area contributed by atoms with Crippen LogP contribution < -0.4 is 0 Å². The van der Waals surface area contributed by atoms with Crippen LogP contribution in [0.25, 0.3) is 10.9 Å². The highest BCUT2D eigenvalue weighted by Crippen LogP contribution is 2.44. The molecule has 0 bridgehead atoms. The summed E-state index contributed by atoms with van der Waals surface area (Å²) in [6, 6.07) is 12.9. The maximum atomic E-state index is 13.6. The van der Waals surface area contributed by atoms with Crippen LogP contribution in [-0.4, -0.2) is 50.7 Å². The van der Waals surface area contributed by atoms with Gasteiger partial charge in [-0.3, -0.25) is 19.7 Å². The van der Waals surface area contributed by atoms with Gasteiger partial charge >= 0.3 is 0 Å². The molecule has 3 aromatic rings. The van der Waals surface area contributed by atoms with E-state index in [0.717, 1.165) is 47.8 Å². The van der Waals surface area contributed by atoms with Crippen molar-refractivity contribution in [1.82, 2.24) is 14.8 Å². The molecule has 8 heteroatoms. The average Bonchev–Trinajstić information content (AvgIpc) is 3.22. The Kier molecular flexibility index (Phi) is 5.81. The van der Waals surface area contributed by atoms with Gasteiger partial charge in [-0.1, -0.05) is 56.5 Å². The number of nitro groups is 1. The van der Waals surface area contributed by atoms with Gasteiger partial charge in [0, 0.05) is 35.6 Å². The molecule has 5 rings (SSSR count). The average molecular weight is 461 g/mol. The van der Waals surface area contributed by atoms with E-state index >= 15 is 0 Å². The van der Waals surface area contributed by atoms with Crippen LogP contribution in [0.5, 0.6) is 0 Å². The predicted octanol–water partition coefficient (Wildman–Crippen LogP) is 4.34. The molecule has 3 heterocycles. The van der Waals surface area contributed by atoms with E-state index in [9.17, 15) is 19.7 Å². The van der Waals surface area contributed by atoms with Crippen LogP contribution >= 0.6 is 0 Å². The number of hydrogen-bond acceptors (Lipinski definition) is 4. The number of nitrogens with zero attached hydrogens (tertiary/aromatic N) is 3. The summed E-state index contributed by atoms with van der Waals surface area (Å²) in [6.45, 7) is 2.71. The number of H-pyrrole nitrogens is 1. The molecule has 2 aliphatic heterocycles. The number of benzene rings is 2. The summed E-state index contributed by atoms with van der Waals surface area (Å²) in [5.41, 5.74) is 2.97. The molecule has 0 aliphatic carbocycles. The number of carbonyl (C=O) groups excluding carboxylic acids is 2. The molecule has 1 N–H and O–H groups in total. The molecular weight excluding hydrogens is 432 g/mol. The first-order valence-corrected chi connectivity index (χ1v) is 11.9. The molecular formula is C26H28N4O4. The predicted molar refractivity (Wildman–Crippen MR) is 128 cm³/mol. The Balaban J connectivity index is 1.61. The van der Waals surface area contributed by atoms with E-state index in [0.29, 0.717) is 18.5 Å². The van der Waals surface area contributed by atoms with Gasteiger partial charge in [-0.05, 0) is 24.1 Å². The monoisotopic (exact) mass is 460 g/mol. The molecule has 0 radical (unpaired) electrons. The fourth-order valence-electron chi connectivity index (χ4n) is 5.45. The minimum absolute atomic E-state index is 0.00809. The summed E-state index contributed by atoms with van der Waals surface area (Å²) in [5.74, 6) is -0.247. The Hall–Kier alpha value is -3.68. The Morgan fingerprint density at radius 1 is 1.06 bits per heavy atom. The molecule has 8 nitrogen and oxygen atoms in total. The summed E-state index contributed by atoms with van der Waals surface area (Å²) >= 11 is 0. The number of fused-ring (bicyclic) bond motifs is 4. The molecule has 1 saturated heterocycles. The van der Waals surface area contributed by atoms with Crippen molar-refractivity contribution in [2.24, 2.45) is 0 Å². The highest BCUT2D eigenvalue weighted by molar-refractivity contribution is 5.97. The van der Waals surface area contributed by atoms with Crippen molar-refractivity contribution < 1.29 is 14.5 Å². The van der Waals surface area contributed by atoms with E-state index in [1.807, 2.05) is 24.3 Å². The van der Waals surface area contributed by atoms with Crippen LogP contribution in [0.4, 0.5) is 5.69 Å². The molecule has 2 aromatic carbocycles. The van der Waals surface area contributed by atoms with Crippen LogP contribution in [0.2, 0.25) is 0 Å². The molecule has 0 spiro atoms. The minimum Gasteiger partial charge on any atom is -0.356 e. The van der Waals surface area contributed by atoms with Crippen molar-refractivity contribution in [3.63, 3.8) is 0 Å². The summed E-state index contributed by atoms with van der Waals surface area (Å²) < 4.78 is 0. The third-order valence-electron chi connectivity index (χ3n) is 7.05.